The van der Waals surface area contributed by atoms with Crippen LogP contribution in [0.3, 0.4) is 0 Å². The molecular weight excluding hydrogens is 256 g/mol. The van der Waals surface area contributed by atoms with Gasteiger partial charge in [-0.15, -0.1) is 0 Å². The number of carbonyl (C=O) groups is 1. The Hall–Kier alpha value is -2.69. The molecule has 5 heteroatoms. The Bertz CT molecular complexity index is 639. The first-order valence-corrected chi connectivity index (χ1v) is 6.06. The molecule has 0 spiro atoms. The SMILES string of the molecule is CN(C)c1cccc(Oc2c(N)cccc2C(=O)O)c1. The van der Waals surface area contributed by atoms with Gasteiger partial charge in [-0.05, 0) is 24.3 Å². The van der Waals surface area contributed by atoms with E-state index in [1.165, 1.54) is 6.07 Å². The molecule has 0 bridgehead atoms. The minimum absolute atomic E-state index is 0.0419. The van der Waals surface area contributed by atoms with Crippen molar-refractivity contribution in [2.45, 2.75) is 0 Å². The highest BCUT2D eigenvalue weighted by molar-refractivity contribution is 5.93. The van der Waals surface area contributed by atoms with Crippen LogP contribution in [-0.4, -0.2) is 25.2 Å². The largest absolute Gasteiger partial charge is 0.478 e. The van der Waals surface area contributed by atoms with Crippen LogP contribution in [0, 0.1) is 0 Å². The van der Waals surface area contributed by atoms with Gasteiger partial charge in [0.25, 0.3) is 0 Å². The highest BCUT2D eigenvalue weighted by Crippen LogP contribution is 2.32. The Morgan fingerprint density at radius 3 is 2.55 bits per heavy atom. The summed E-state index contributed by atoms with van der Waals surface area (Å²) in [5.74, 6) is -0.372. The number of carboxylic acids is 1. The van der Waals surface area contributed by atoms with Crippen molar-refractivity contribution in [2.24, 2.45) is 0 Å². The zero-order valence-corrected chi connectivity index (χ0v) is 11.3. The predicted molar refractivity (Wildman–Crippen MR) is 78.7 cm³/mol. The van der Waals surface area contributed by atoms with E-state index in [9.17, 15) is 4.79 Å². The number of hydrogen-bond acceptors (Lipinski definition) is 4. The summed E-state index contributed by atoms with van der Waals surface area (Å²) in [5, 5.41) is 9.17. The number of carboxylic acid groups (broad SMARTS) is 1. The first-order valence-electron chi connectivity index (χ1n) is 6.06. The summed E-state index contributed by atoms with van der Waals surface area (Å²) < 4.78 is 5.66. The summed E-state index contributed by atoms with van der Waals surface area (Å²) in [7, 11) is 3.83. The Morgan fingerprint density at radius 1 is 1.20 bits per heavy atom. The van der Waals surface area contributed by atoms with Crippen molar-refractivity contribution >= 4 is 17.3 Å². The van der Waals surface area contributed by atoms with E-state index in [1.54, 1.807) is 18.2 Å². The van der Waals surface area contributed by atoms with Crippen LogP contribution in [0.4, 0.5) is 11.4 Å². The zero-order valence-electron chi connectivity index (χ0n) is 11.3. The van der Waals surface area contributed by atoms with E-state index in [1.807, 2.05) is 37.2 Å². The molecule has 5 nitrogen and oxygen atoms in total. The molecule has 0 radical (unpaired) electrons. The predicted octanol–water partition coefficient (Wildman–Crippen LogP) is 2.83. The summed E-state index contributed by atoms with van der Waals surface area (Å²) in [6, 6.07) is 12.0. The van der Waals surface area contributed by atoms with Gasteiger partial charge in [0.1, 0.15) is 11.3 Å². The van der Waals surface area contributed by atoms with Crippen LogP contribution in [0.25, 0.3) is 0 Å². The molecule has 0 aliphatic rings. The Morgan fingerprint density at radius 2 is 1.90 bits per heavy atom. The summed E-state index contributed by atoms with van der Waals surface area (Å²) in [4.78, 5) is 13.1. The fraction of sp³-hybridized carbons (Fsp3) is 0.133. The fourth-order valence-corrected chi connectivity index (χ4v) is 1.78. The molecule has 2 rings (SSSR count). The number of benzene rings is 2. The summed E-state index contributed by atoms with van der Waals surface area (Å²) >= 11 is 0. The van der Waals surface area contributed by atoms with Crippen molar-refractivity contribution in [3.05, 3.63) is 48.0 Å². The van der Waals surface area contributed by atoms with Crippen molar-refractivity contribution in [1.82, 2.24) is 0 Å². The molecule has 0 unspecified atom stereocenters. The minimum Gasteiger partial charge on any atom is -0.478 e. The number of rotatable bonds is 4. The van der Waals surface area contributed by atoms with Gasteiger partial charge in [-0.2, -0.15) is 0 Å². The van der Waals surface area contributed by atoms with E-state index in [-0.39, 0.29) is 11.3 Å². The number of hydrogen-bond donors (Lipinski definition) is 2. The summed E-state index contributed by atoms with van der Waals surface area (Å²) in [5.41, 5.74) is 7.09. The van der Waals surface area contributed by atoms with Crippen molar-refractivity contribution in [2.75, 3.05) is 24.7 Å². The zero-order chi connectivity index (χ0) is 14.7. The van der Waals surface area contributed by atoms with E-state index < -0.39 is 5.97 Å². The van der Waals surface area contributed by atoms with Gasteiger partial charge >= 0.3 is 5.97 Å². The quantitative estimate of drug-likeness (QED) is 0.837. The smallest absolute Gasteiger partial charge is 0.339 e. The van der Waals surface area contributed by atoms with Gasteiger partial charge in [0.15, 0.2) is 5.75 Å². The van der Waals surface area contributed by atoms with Crippen LogP contribution in [0.2, 0.25) is 0 Å². The van der Waals surface area contributed by atoms with Crippen molar-refractivity contribution < 1.29 is 14.6 Å². The first kappa shape index (κ1) is 13.7. The highest BCUT2D eigenvalue weighted by atomic mass is 16.5. The van der Waals surface area contributed by atoms with E-state index in [2.05, 4.69) is 0 Å². The molecule has 0 fully saturated rings. The number of anilines is 2. The number of nitrogen functional groups attached to an aromatic ring is 1. The van der Waals surface area contributed by atoms with Crippen LogP contribution in [0.15, 0.2) is 42.5 Å². The number of ether oxygens (including phenoxy) is 1. The lowest BCUT2D eigenvalue weighted by Gasteiger charge is -2.15. The van der Waals surface area contributed by atoms with E-state index in [0.29, 0.717) is 11.4 Å². The molecular formula is C15H16N2O3. The Labute approximate surface area is 117 Å². The molecule has 104 valence electrons. The molecule has 2 aromatic rings. The average molecular weight is 272 g/mol. The number of para-hydroxylation sites is 1. The van der Waals surface area contributed by atoms with Gasteiger partial charge in [-0.25, -0.2) is 4.79 Å². The molecule has 20 heavy (non-hydrogen) atoms. The Balaban J connectivity index is 2.40. The second-order valence-corrected chi connectivity index (χ2v) is 4.52. The molecule has 0 aromatic heterocycles. The molecule has 0 amide bonds. The molecule has 0 aliphatic heterocycles. The van der Waals surface area contributed by atoms with E-state index in [0.717, 1.165) is 5.69 Å². The maximum absolute atomic E-state index is 11.2. The normalized spacial score (nSPS) is 10.1. The monoisotopic (exact) mass is 272 g/mol. The average Bonchev–Trinajstić information content (AvgIpc) is 2.41. The van der Waals surface area contributed by atoms with Crippen molar-refractivity contribution in [3.8, 4) is 11.5 Å². The lowest BCUT2D eigenvalue weighted by Crippen LogP contribution is -2.08. The highest BCUT2D eigenvalue weighted by Gasteiger charge is 2.15. The van der Waals surface area contributed by atoms with Crippen LogP contribution in [0.1, 0.15) is 10.4 Å². The molecule has 0 atom stereocenters. The summed E-state index contributed by atoms with van der Waals surface area (Å²) in [6.45, 7) is 0. The van der Waals surface area contributed by atoms with Gasteiger partial charge in [-0.3, -0.25) is 0 Å². The maximum Gasteiger partial charge on any atom is 0.339 e. The van der Waals surface area contributed by atoms with Crippen molar-refractivity contribution in [3.63, 3.8) is 0 Å². The van der Waals surface area contributed by atoms with E-state index in [4.69, 9.17) is 15.6 Å². The number of nitrogens with zero attached hydrogens (tertiary/aromatic N) is 1. The lowest BCUT2D eigenvalue weighted by atomic mass is 10.1. The standard InChI is InChI=1S/C15H16N2O3/c1-17(2)10-5-3-6-11(9-10)20-14-12(15(18)19)7-4-8-13(14)16/h3-9H,16H2,1-2H3,(H,18,19). The van der Waals surface area contributed by atoms with Crippen LogP contribution in [-0.2, 0) is 0 Å². The fourth-order valence-electron chi connectivity index (χ4n) is 1.78. The molecule has 3 N–H and O–H groups in total. The lowest BCUT2D eigenvalue weighted by molar-refractivity contribution is 0.0694. The van der Waals surface area contributed by atoms with Gasteiger partial charge < -0.3 is 20.5 Å². The number of nitrogens with two attached hydrogens (primary N) is 1. The topological polar surface area (TPSA) is 75.8 Å². The Kier molecular flexibility index (Phi) is 3.79. The molecule has 0 aliphatic carbocycles. The van der Waals surface area contributed by atoms with E-state index >= 15 is 0 Å². The first-order chi connectivity index (χ1) is 9.49. The molecule has 0 saturated carbocycles. The third-order valence-electron chi connectivity index (χ3n) is 2.83. The van der Waals surface area contributed by atoms with Crippen molar-refractivity contribution in [1.29, 1.82) is 0 Å². The third kappa shape index (κ3) is 2.83. The number of aromatic carboxylic acids is 1. The van der Waals surface area contributed by atoms with Gasteiger partial charge in [0.2, 0.25) is 0 Å². The molecule has 0 saturated heterocycles. The third-order valence-corrected chi connectivity index (χ3v) is 2.83. The minimum atomic E-state index is -1.07. The second-order valence-electron chi connectivity index (χ2n) is 4.52. The van der Waals surface area contributed by atoms with Gasteiger partial charge in [0.05, 0.1) is 5.69 Å². The molecule has 0 heterocycles. The van der Waals surface area contributed by atoms with Crippen LogP contribution >= 0.6 is 0 Å². The molecule has 2 aromatic carbocycles. The summed E-state index contributed by atoms with van der Waals surface area (Å²) in [6.07, 6.45) is 0. The second kappa shape index (κ2) is 5.52. The van der Waals surface area contributed by atoms with Crippen LogP contribution in [0.5, 0.6) is 11.5 Å². The van der Waals surface area contributed by atoms with Gasteiger partial charge in [0, 0.05) is 25.8 Å². The van der Waals surface area contributed by atoms with Crippen LogP contribution < -0.4 is 15.4 Å². The van der Waals surface area contributed by atoms with Gasteiger partial charge in [-0.1, -0.05) is 12.1 Å². The maximum atomic E-state index is 11.2.